The fraction of sp³-hybridized carbons (Fsp3) is 0.500. The molecule has 5 heteroatoms. The highest BCUT2D eigenvalue weighted by Crippen LogP contribution is 2.38. The van der Waals surface area contributed by atoms with Gasteiger partial charge in [-0.25, -0.2) is 0 Å². The number of H-pyrrole nitrogens is 1. The van der Waals surface area contributed by atoms with Crippen molar-refractivity contribution >= 4 is 16.8 Å². The molecule has 0 saturated heterocycles. The number of amides is 1. The van der Waals surface area contributed by atoms with Crippen LogP contribution in [0.2, 0.25) is 0 Å². The molecule has 1 aromatic carbocycles. The normalized spacial score (nSPS) is 19.2. The maximum absolute atomic E-state index is 13.2. The van der Waals surface area contributed by atoms with Crippen LogP contribution < -0.4 is 11.1 Å². The topological polar surface area (TPSA) is 83.8 Å². The second kappa shape index (κ2) is 9.30. The van der Waals surface area contributed by atoms with E-state index in [1.807, 2.05) is 27.0 Å². The Bertz CT molecular complexity index is 1140. The van der Waals surface area contributed by atoms with Crippen LogP contribution in [0.15, 0.2) is 36.5 Å². The maximum atomic E-state index is 13.2. The average Bonchev–Trinajstić information content (AvgIpc) is 3.17. The van der Waals surface area contributed by atoms with Gasteiger partial charge in [0.25, 0.3) is 0 Å². The van der Waals surface area contributed by atoms with Crippen LogP contribution in [0.25, 0.3) is 22.2 Å². The summed E-state index contributed by atoms with van der Waals surface area (Å²) >= 11 is 0. The first-order valence-corrected chi connectivity index (χ1v) is 12.3. The van der Waals surface area contributed by atoms with Gasteiger partial charge < -0.3 is 16.0 Å². The minimum absolute atomic E-state index is 0.0864. The van der Waals surface area contributed by atoms with Crippen molar-refractivity contribution in [2.75, 3.05) is 6.54 Å². The van der Waals surface area contributed by atoms with Crippen molar-refractivity contribution in [3.8, 4) is 11.3 Å². The summed E-state index contributed by atoms with van der Waals surface area (Å²) in [6, 6.07) is 10.9. The lowest BCUT2D eigenvalue weighted by atomic mass is 9.81. The highest BCUT2D eigenvalue weighted by atomic mass is 16.2. The number of carbonyl (C=O) groups is 1. The van der Waals surface area contributed by atoms with E-state index in [2.05, 4.69) is 59.5 Å². The lowest BCUT2D eigenvalue weighted by Crippen LogP contribution is -2.43. The number of nitrogens with zero attached hydrogens (tertiary/aromatic N) is 1. The Hall–Kier alpha value is -2.66. The number of benzene rings is 1. The molecule has 1 fully saturated rings. The molecular weight excluding hydrogens is 408 g/mol. The summed E-state index contributed by atoms with van der Waals surface area (Å²) < 4.78 is 0. The summed E-state index contributed by atoms with van der Waals surface area (Å²) in [6.07, 6.45) is 6.19. The Kier molecular flexibility index (Phi) is 6.62. The molecule has 1 aliphatic carbocycles. The predicted octanol–water partition coefficient (Wildman–Crippen LogP) is 5.57. The predicted molar refractivity (Wildman–Crippen MR) is 136 cm³/mol. The van der Waals surface area contributed by atoms with Gasteiger partial charge in [-0.1, -0.05) is 19.9 Å². The number of hydrogen-bond acceptors (Lipinski definition) is 3. The Morgan fingerprint density at radius 1 is 1.18 bits per heavy atom. The molecule has 0 aliphatic heterocycles. The SMILES string of the molecule is Cc1cc(-c2[nH]c3ccc(C(C)(C)C(=O)NCC4CCC(N)CC4)cc3c2C(C)C)ccn1. The lowest BCUT2D eigenvalue weighted by Gasteiger charge is -2.29. The van der Waals surface area contributed by atoms with Crippen LogP contribution in [0.4, 0.5) is 0 Å². The zero-order chi connectivity index (χ0) is 23.8. The van der Waals surface area contributed by atoms with E-state index in [9.17, 15) is 4.79 Å². The summed E-state index contributed by atoms with van der Waals surface area (Å²) in [7, 11) is 0. The van der Waals surface area contributed by atoms with E-state index < -0.39 is 5.41 Å². The third-order valence-corrected chi connectivity index (χ3v) is 7.33. The number of fused-ring (bicyclic) bond motifs is 1. The number of aromatic amines is 1. The molecule has 2 heterocycles. The van der Waals surface area contributed by atoms with Gasteiger partial charge in [0.15, 0.2) is 0 Å². The van der Waals surface area contributed by atoms with Crippen LogP contribution in [-0.4, -0.2) is 28.5 Å². The number of aryl methyl sites for hydroxylation is 1. The van der Waals surface area contributed by atoms with Gasteiger partial charge in [0, 0.05) is 40.9 Å². The molecule has 5 nitrogen and oxygen atoms in total. The largest absolute Gasteiger partial charge is 0.355 e. The van der Waals surface area contributed by atoms with E-state index in [0.29, 0.717) is 17.9 Å². The molecule has 0 unspecified atom stereocenters. The molecule has 176 valence electrons. The third-order valence-electron chi connectivity index (χ3n) is 7.33. The summed E-state index contributed by atoms with van der Waals surface area (Å²) in [5.41, 5.74) is 12.1. The van der Waals surface area contributed by atoms with E-state index in [4.69, 9.17) is 5.73 Å². The van der Waals surface area contributed by atoms with E-state index in [0.717, 1.165) is 60.3 Å². The zero-order valence-electron chi connectivity index (χ0n) is 20.7. The van der Waals surface area contributed by atoms with Crippen LogP contribution in [0.3, 0.4) is 0 Å². The van der Waals surface area contributed by atoms with Crippen molar-refractivity contribution in [2.45, 2.75) is 77.7 Å². The first-order valence-electron chi connectivity index (χ1n) is 12.3. The summed E-state index contributed by atoms with van der Waals surface area (Å²) in [5, 5.41) is 4.42. The second-order valence-corrected chi connectivity index (χ2v) is 10.6. The van der Waals surface area contributed by atoms with Crippen molar-refractivity contribution in [2.24, 2.45) is 11.7 Å². The van der Waals surface area contributed by atoms with Gasteiger partial charge in [0.2, 0.25) is 5.91 Å². The van der Waals surface area contributed by atoms with E-state index >= 15 is 0 Å². The minimum Gasteiger partial charge on any atom is -0.355 e. The summed E-state index contributed by atoms with van der Waals surface area (Å²) in [4.78, 5) is 21.2. The molecule has 0 radical (unpaired) electrons. The monoisotopic (exact) mass is 446 g/mol. The van der Waals surface area contributed by atoms with Crippen molar-refractivity contribution < 1.29 is 4.79 Å². The molecule has 0 spiro atoms. The van der Waals surface area contributed by atoms with Crippen LogP contribution >= 0.6 is 0 Å². The third kappa shape index (κ3) is 4.84. The molecule has 1 amide bonds. The molecule has 0 bridgehead atoms. The summed E-state index contributed by atoms with van der Waals surface area (Å²) in [6.45, 7) is 11.2. The quantitative estimate of drug-likeness (QED) is 0.463. The first-order chi connectivity index (χ1) is 15.7. The number of nitrogens with one attached hydrogen (secondary N) is 2. The van der Waals surface area contributed by atoms with Crippen molar-refractivity contribution in [3.63, 3.8) is 0 Å². The van der Waals surface area contributed by atoms with Crippen LogP contribution in [0.1, 0.15) is 76.1 Å². The maximum Gasteiger partial charge on any atom is 0.230 e. The molecule has 2 aromatic heterocycles. The minimum atomic E-state index is -0.613. The van der Waals surface area contributed by atoms with Crippen molar-refractivity contribution in [3.05, 3.63) is 53.3 Å². The highest BCUT2D eigenvalue weighted by molar-refractivity contribution is 5.94. The molecule has 33 heavy (non-hydrogen) atoms. The fourth-order valence-electron chi connectivity index (χ4n) is 5.11. The Labute approximate surface area is 197 Å². The van der Waals surface area contributed by atoms with Gasteiger partial charge in [-0.05, 0) is 93.7 Å². The smallest absolute Gasteiger partial charge is 0.230 e. The Morgan fingerprint density at radius 2 is 1.91 bits per heavy atom. The van der Waals surface area contributed by atoms with Crippen LogP contribution in [0, 0.1) is 12.8 Å². The van der Waals surface area contributed by atoms with E-state index in [1.165, 1.54) is 10.9 Å². The average molecular weight is 447 g/mol. The van der Waals surface area contributed by atoms with Gasteiger partial charge in [-0.15, -0.1) is 0 Å². The fourth-order valence-corrected chi connectivity index (χ4v) is 5.11. The first kappa shape index (κ1) is 23.5. The van der Waals surface area contributed by atoms with Crippen LogP contribution in [-0.2, 0) is 10.2 Å². The number of aromatic nitrogens is 2. The molecule has 0 atom stereocenters. The van der Waals surface area contributed by atoms with Crippen molar-refractivity contribution in [1.82, 2.24) is 15.3 Å². The number of hydrogen-bond donors (Lipinski definition) is 3. The van der Waals surface area contributed by atoms with Crippen molar-refractivity contribution in [1.29, 1.82) is 0 Å². The highest BCUT2D eigenvalue weighted by Gasteiger charge is 2.31. The second-order valence-electron chi connectivity index (χ2n) is 10.6. The molecule has 1 saturated carbocycles. The van der Waals surface area contributed by atoms with Crippen LogP contribution in [0.5, 0.6) is 0 Å². The molecule has 4 N–H and O–H groups in total. The number of pyridine rings is 1. The number of carbonyl (C=O) groups excluding carboxylic acids is 1. The number of nitrogens with two attached hydrogens (primary N) is 1. The van der Waals surface area contributed by atoms with Gasteiger partial charge in [-0.3, -0.25) is 9.78 Å². The molecule has 4 rings (SSSR count). The molecule has 1 aliphatic rings. The number of rotatable bonds is 6. The van der Waals surface area contributed by atoms with Gasteiger partial charge in [0.1, 0.15) is 0 Å². The Balaban J connectivity index is 1.62. The zero-order valence-corrected chi connectivity index (χ0v) is 20.7. The molecule has 3 aromatic rings. The van der Waals surface area contributed by atoms with Gasteiger partial charge in [0.05, 0.1) is 11.1 Å². The van der Waals surface area contributed by atoms with E-state index in [1.54, 1.807) is 0 Å². The molecular formula is C28H38N4O. The lowest BCUT2D eigenvalue weighted by molar-refractivity contribution is -0.125. The van der Waals surface area contributed by atoms with E-state index in [-0.39, 0.29) is 5.91 Å². The Morgan fingerprint density at radius 3 is 2.58 bits per heavy atom. The standard InChI is InChI=1S/C28H38N4O/c1-17(2)25-23-15-21(8-11-24(23)32-26(25)20-12-13-30-18(3)14-20)28(4,5)27(33)31-16-19-6-9-22(29)10-7-19/h8,11-15,17,19,22,32H,6-7,9-10,16,29H2,1-5H3,(H,31,33). The summed E-state index contributed by atoms with van der Waals surface area (Å²) in [5.74, 6) is 0.964. The van der Waals surface area contributed by atoms with Gasteiger partial charge in [-0.2, -0.15) is 0 Å². The van der Waals surface area contributed by atoms with Gasteiger partial charge >= 0.3 is 0 Å².